The smallest absolute Gasteiger partial charge is 0.270 e. The Kier molecular flexibility index (Phi) is 6.57. The third kappa shape index (κ3) is 4.67. The number of aliphatic hydroxyl groups is 1. The highest BCUT2D eigenvalue weighted by atomic mass is 16.5. The minimum absolute atomic E-state index is 0.117. The molecule has 1 aromatic carbocycles. The molecule has 4 N–H and O–H groups in total. The second-order valence-corrected chi connectivity index (χ2v) is 6.97. The van der Waals surface area contributed by atoms with Gasteiger partial charge in [0.25, 0.3) is 11.8 Å². The minimum Gasteiger partial charge on any atom is -0.491 e. The molecule has 1 aromatic heterocycles. The van der Waals surface area contributed by atoms with Crippen molar-refractivity contribution in [1.82, 2.24) is 20.0 Å². The van der Waals surface area contributed by atoms with Gasteiger partial charge in [0.15, 0.2) is 5.69 Å². The summed E-state index contributed by atoms with van der Waals surface area (Å²) in [7, 11) is 3.08. The van der Waals surface area contributed by atoms with Crippen molar-refractivity contribution in [1.29, 1.82) is 0 Å². The van der Waals surface area contributed by atoms with Crippen LogP contribution in [0, 0.1) is 11.8 Å². The molecular weight excluding hydrogens is 402 g/mol. The first-order valence-corrected chi connectivity index (χ1v) is 9.61. The first-order valence-electron chi connectivity index (χ1n) is 9.61. The van der Waals surface area contributed by atoms with E-state index in [0.717, 1.165) is 0 Å². The number of nitrogens with one attached hydrogen (secondary N) is 1. The Morgan fingerprint density at radius 1 is 1.48 bits per heavy atom. The summed E-state index contributed by atoms with van der Waals surface area (Å²) in [6, 6.07) is 5.15. The number of rotatable bonds is 6. The van der Waals surface area contributed by atoms with Crippen LogP contribution in [0.5, 0.6) is 5.75 Å². The van der Waals surface area contributed by atoms with E-state index in [1.807, 2.05) is 0 Å². The van der Waals surface area contributed by atoms with Crippen molar-refractivity contribution in [2.45, 2.75) is 18.9 Å². The van der Waals surface area contributed by atoms with E-state index in [0.29, 0.717) is 48.5 Å². The van der Waals surface area contributed by atoms with Crippen molar-refractivity contribution in [3.8, 4) is 23.3 Å². The number of benzene rings is 1. The summed E-state index contributed by atoms with van der Waals surface area (Å²) in [5.74, 6) is 4.88. The summed E-state index contributed by atoms with van der Waals surface area (Å²) in [5, 5.41) is 16.8. The van der Waals surface area contributed by atoms with Gasteiger partial charge in [-0.05, 0) is 18.2 Å². The molecule has 2 aromatic rings. The van der Waals surface area contributed by atoms with Crippen molar-refractivity contribution >= 4 is 18.2 Å². The summed E-state index contributed by atoms with van der Waals surface area (Å²) >= 11 is 0. The molecule has 0 saturated carbocycles. The zero-order chi connectivity index (χ0) is 22.5. The van der Waals surface area contributed by atoms with Crippen molar-refractivity contribution < 1.29 is 24.2 Å². The topological polar surface area (TPSA) is 140 Å². The van der Waals surface area contributed by atoms with Gasteiger partial charge in [-0.3, -0.25) is 14.4 Å². The summed E-state index contributed by atoms with van der Waals surface area (Å²) in [6.45, 7) is 0.668. The Labute approximate surface area is 179 Å². The fraction of sp³-hybridized carbons (Fsp3) is 0.333. The maximum atomic E-state index is 12.4. The number of carbonyl (C=O) groups is 3. The lowest BCUT2D eigenvalue weighted by atomic mass is 10.1. The summed E-state index contributed by atoms with van der Waals surface area (Å²) < 4.78 is 7.25. The molecule has 10 nitrogen and oxygen atoms in total. The number of hydrogen-bond donors (Lipinski definition) is 3. The van der Waals surface area contributed by atoms with Crippen LogP contribution in [0.1, 0.15) is 38.5 Å². The number of fused-ring (bicyclic) bond motifs is 3. The maximum Gasteiger partial charge on any atom is 0.270 e. The molecule has 0 fully saturated rings. The first-order chi connectivity index (χ1) is 14.8. The van der Waals surface area contributed by atoms with Crippen molar-refractivity contribution in [3.63, 3.8) is 0 Å². The van der Waals surface area contributed by atoms with Gasteiger partial charge >= 0.3 is 0 Å². The van der Waals surface area contributed by atoms with Gasteiger partial charge in [-0.2, -0.15) is 5.10 Å². The number of aromatic nitrogens is 2. The Bertz CT molecular complexity index is 1080. The van der Waals surface area contributed by atoms with E-state index in [1.54, 1.807) is 25.2 Å². The number of primary amides is 1. The molecule has 1 aliphatic heterocycles. The standard InChI is InChI=1S/C21H23N5O5/c1-23-21(30)18-15-8-10-31-17-6-4-13(3-5-14(28)7-9-25(2)12-27)11-16(17)26(15)24-19(18)20(22)29/h4,6,11-12,14,28H,7-10H2,1-2H3,(H2,22,29)(H,23,30). The molecule has 0 spiro atoms. The van der Waals surface area contributed by atoms with Crippen LogP contribution in [-0.4, -0.2) is 71.4 Å². The number of nitrogens with zero attached hydrogens (tertiary/aromatic N) is 3. The number of amides is 3. The molecule has 0 aliphatic carbocycles. The van der Waals surface area contributed by atoms with Crippen molar-refractivity contribution in [3.05, 3.63) is 40.7 Å². The number of hydrogen-bond acceptors (Lipinski definition) is 6. The summed E-state index contributed by atoms with van der Waals surface area (Å²) in [4.78, 5) is 36.3. The van der Waals surface area contributed by atoms with Crippen LogP contribution in [0.15, 0.2) is 18.2 Å². The lowest BCUT2D eigenvalue weighted by Crippen LogP contribution is -2.24. The predicted octanol–water partition coefficient (Wildman–Crippen LogP) is -0.544. The fourth-order valence-electron chi connectivity index (χ4n) is 3.18. The van der Waals surface area contributed by atoms with Gasteiger partial charge < -0.3 is 25.8 Å². The Balaban J connectivity index is 1.99. The van der Waals surface area contributed by atoms with E-state index < -0.39 is 17.9 Å². The molecule has 10 heteroatoms. The van der Waals surface area contributed by atoms with Gasteiger partial charge in [0.1, 0.15) is 17.5 Å². The van der Waals surface area contributed by atoms with Gasteiger partial charge in [-0.15, -0.1) is 0 Å². The quantitative estimate of drug-likeness (QED) is 0.419. The highest BCUT2D eigenvalue weighted by molar-refractivity contribution is 6.06. The highest BCUT2D eigenvalue weighted by Crippen LogP contribution is 2.30. The Morgan fingerprint density at radius 3 is 2.94 bits per heavy atom. The molecule has 1 unspecified atom stereocenters. The highest BCUT2D eigenvalue weighted by Gasteiger charge is 2.29. The molecular formula is C21H23N5O5. The average molecular weight is 425 g/mol. The normalized spacial score (nSPS) is 12.7. The second-order valence-electron chi connectivity index (χ2n) is 6.97. The van der Waals surface area contributed by atoms with Gasteiger partial charge in [0, 0.05) is 39.0 Å². The first kappa shape index (κ1) is 21.9. The van der Waals surface area contributed by atoms with Gasteiger partial charge in [0.05, 0.1) is 17.9 Å². The molecule has 0 bridgehead atoms. The van der Waals surface area contributed by atoms with Crippen LogP contribution in [0.4, 0.5) is 0 Å². The molecule has 1 aliphatic rings. The molecule has 3 amide bonds. The van der Waals surface area contributed by atoms with E-state index in [2.05, 4.69) is 22.3 Å². The molecule has 1 atom stereocenters. The molecule has 0 saturated heterocycles. The van der Waals surface area contributed by atoms with E-state index >= 15 is 0 Å². The van der Waals surface area contributed by atoms with Crippen LogP contribution < -0.4 is 15.8 Å². The lowest BCUT2D eigenvalue weighted by Gasteiger charge is -2.11. The summed E-state index contributed by atoms with van der Waals surface area (Å²) in [5.41, 5.74) is 7.05. The number of ether oxygens (including phenoxy) is 1. The monoisotopic (exact) mass is 425 g/mol. The number of nitrogens with two attached hydrogens (primary N) is 1. The molecule has 162 valence electrons. The van der Waals surface area contributed by atoms with E-state index in [9.17, 15) is 19.5 Å². The van der Waals surface area contributed by atoms with E-state index in [1.165, 1.54) is 16.6 Å². The van der Waals surface area contributed by atoms with Crippen molar-refractivity contribution in [2.24, 2.45) is 5.73 Å². The zero-order valence-corrected chi connectivity index (χ0v) is 17.2. The third-order valence-corrected chi connectivity index (χ3v) is 4.77. The van der Waals surface area contributed by atoms with Crippen LogP contribution in [-0.2, 0) is 11.2 Å². The average Bonchev–Trinajstić information content (AvgIpc) is 3.06. The second kappa shape index (κ2) is 9.32. The van der Waals surface area contributed by atoms with Crippen LogP contribution >= 0.6 is 0 Å². The van der Waals surface area contributed by atoms with Gasteiger partial charge in [-0.25, -0.2) is 4.68 Å². The van der Waals surface area contributed by atoms with Crippen LogP contribution in [0.2, 0.25) is 0 Å². The third-order valence-electron chi connectivity index (χ3n) is 4.77. The largest absolute Gasteiger partial charge is 0.491 e. The summed E-state index contributed by atoms with van der Waals surface area (Å²) in [6.07, 6.45) is 0.444. The lowest BCUT2D eigenvalue weighted by molar-refractivity contribution is -0.117. The number of carbonyl (C=O) groups excluding carboxylic acids is 3. The predicted molar refractivity (Wildman–Crippen MR) is 111 cm³/mol. The fourth-order valence-corrected chi connectivity index (χ4v) is 3.18. The number of aliphatic hydroxyl groups excluding tert-OH is 1. The SMILES string of the molecule is CNC(=O)c1c(C(N)=O)nn2c1CCOc1ccc(C#CC(O)CCN(C)C=O)cc1-2. The molecule has 2 heterocycles. The molecule has 31 heavy (non-hydrogen) atoms. The van der Waals surface area contributed by atoms with Gasteiger partial charge in [-0.1, -0.05) is 11.8 Å². The van der Waals surface area contributed by atoms with E-state index in [-0.39, 0.29) is 17.9 Å². The Hall–Kier alpha value is -3.84. The van der Waals surface area contributed by atoms with Crippen LogP contribution in [0.25, 0.3) is 5.69 Å². The maximum absolute atomic E-state index is 12.4. The van der Waals surface area contributed by atoms with E-state index in [4.69, 9.17) is 10.5 Å². The van der Waals surface area contributed by atoms with Crippen LogP contribution in [0.3, 0.4) is 0 Å². The Morgan fingerprint density at radius 2 is 2.26 bits per heavy atom. The van der Waals surface area contributed by atoms with Crippen molar-refractivity contribution in [2.75, 3.05) is 27.2 Å². The molecule has 0 radical (unpaired) electrons. The minimum atomic E-state index is -0.904. The molecule has 3 rings (SSSR count). The van der Waals surface area contributed by atoms with Gasteiger partial charge in [0.2, 0.25) is 6.41 Å². The zero-order valence-electron chi connectivity index (χ0n) is 17.2.